The molecular formula is C53H60N10O8S4. The number of ether oxygens (including phenoxy) is 2. The van der Waals surface area contributed by atoms with E-state index in [9.17, 15) is 28.8 Å². The van der Waals surface area contributed by atoms with Crippen molar-refractivity contribution in [3.63, 3.8) is 0 Å². The molecule has 0 spiro atoms. The second-order valence-corrected chi connectivity index (χ2v) is 23.4. The number of methoxy groups -OCH3 is 2. The molecule has 1 aliphatic carbocycles. The molecule has 5 heterocycles. The quantitative estimate of drug-likeness (QED) is 0.0858. The third kappa shape index (κ3) is 13.5. The fraction of sp³-hybridized carbons (Fsp3) is 0.377. The smallest absolute Gasteiger partial charge is 0.257 e. The van der Waals surface area contributed by atoms with Crippen molar-refractivity contribution in [2.75, 3.05) is 91.3 Å². The minimum Gasteiger partial charge on any atom is -0.496 e. The Hall–Kier alpha value is -6.59. The largest absolute Gasteiger partial charge is 0.496 e. The van der Waals surface area contributed by atoms with Crippen molar-refractivity contribution in [1.29, 1.82) is 0 Å². The van der Waals surface area contributed by atoms with E-state index in [1.54, 1.807) is 56.4 Å². The summed E-state index contributed by atoms with van der Waals surface area (Å²) in [6, 6.07) is 10.3. The number of amides is 6. The highest BCUT2D eigenvalue weighted by atomic mass is 32.2. The van der Waals surface area contributed by atoms with Gasteiger partial charge in [-0.25, -0.2) is 9.97 Å². The summed E-state index contributed by atoms with van der Waals surface area (Å²) in [5.74, 6) is -0.396. The van der Waals surface area contributed by atoms with E-state index in [2.05, 4.69) is 27.2 Å². The predicted molar refractivity (Wildman–Crippen MR) is 292 cm³/mol. The van der Waals surface area contributed by atoms with Crippen molar-refractivity contribution in [1.82, 2.24) is 39.5 Å². The van der Waals surface area contributed by atoms with Crippen molar-refractivity contribution in [3.8, 4) is 11.5 Å². The first-order chi connectivity index (χ1) is 36.0. The van der Waals surface area contributed by atoms with E-state index in [0.29, 0.717) is 113 Å². The third-order valence-corrected chi connectivity index (χ3v) is 17.3. The molecule has 6 amide bonds. The summed E-state index contributed by atoms with van der Waals surface area (Å²) in [7, 11) is 6.84. The number of hydrogen-bond acceptors (Lipinski definition) is 16. The monoisotopic (exact) mass is 1090 g/mol. The number of carbonyl (C=O) groups excluding carboxylic acids is 6. The van der Waals surface area contributed by atoms with Crippen molar-refractivity contribution in [3.05, 3.63) is 107 Å². The Morgan fingerprint density at radius 2 is 1.44 bits per heavy atom. The highest BCUT2D eigenvalue weighted by Gasteiger charge is 2.33. The maximum Gasteiger partial charge on any atom is 0.257 e. The average Bonchev–Trinajstić information content (AvgIpc) is 4.11. The van der Waals surface area contributed by atoms with Crippen LogP contribution >= 0.6 is 46.2 Å². The van der Waals surface area contributed by atoms with E-state index < -0.39 is 0 Å². The van der Waals surface area contributed by atoms with Gasteiger partial charge in [-0.15, -0.1) is 0 Å². The van der Waals surface area contributed by atoms with Crippen molar-refractivity contribution in [2.24, 2.45) is 5.92 Å². The summed E-state index contributed by atoms with van der Waals surface area (Å²) in [5.41, 5.74) is 3.96. The zero-order valence-electron chi connectivity index (χ0n) is 43.0. The molecule has 3 fully saturated rings. The van der Waals surface area contributed by atoms with Gasteiger partial charge < -0.3 is 39.3 Å². The molecule has 0 bridgehead atoms. The second kappa shape index (κ2) is 24.4. The van der Waals surface area contributed by atoms with Gasteiger partial charge in [-0.3, -0.25) is 39.1 Å². The Morgan fingerprint density at radius 3 is 2.07 bits per heavy atom. The summed E-state index contributed by atoms with van der Waals surface area (Å²) in [4.78, 5) is 105. The molecular weight excluding hydrogens is 1030 g/mol. The van der Waals surface area contributed by atoms with Crippen molar-refractivity contribution < 1.29 is 38.2 Å². The van der Waals surface area contributed by atoms with Gasteiger partial charge in [0.1, 0.15) is 11.5 Å². The lowest BCUT2D eigenvalue weighted by Crippen LogP contribution is -2.50. The molecule has 2 saturated heterocycles. The van der Waals surface area contributed by atoms with Gasteiger partial charge in [-0.2, -0.15) is 0 Å². The number of pyridine rings is 1. The van der Waals surface area contributed by atoms with Crippen LogP contribution < -0.4 is 20.1 Å². The fourth-order valence-electron chi connectivity index (χ4n) is 8.59. The Morgan fingerprint density at radius 1 is 0.813 bits per heavy atom. The minimum atomic E-state index is -0.291. The summed E-state index contributed by atoms with van der Waals surface area (Å²) < 4.78 is 13.0. The number of nitrogens with zero attached hydrogens (tertiary/aromatic N) is 8. The molecule has 18 nitrogen and oxygen atoms in total. The summed E-state index contributed by atoms with van der Waals surface area (Å²) in [5, 5.41) is 6.62. The number of anilines is 2. The van der Waals surface area contributed by atoms with E-state index in [-0.39, 0.29) is 47.4 Å². The standard InChI is InChI=1S/C53H60N10O8S4/c1-31-24-40(70-7)37(26-42(31)72-45-28-55-52(74-45)57-47(66)36-14-16-54-17-15-36)49(68)61-22-20-60(21-23-61)44(64)13-12-39-51(75-53(56-39)58-46(65)35-10-11-35)73-43-27-38(41(71-8)25-32(43)2)50(69)62-18-9-19-63(34(4)30-62)48(67)33(3)29-59(5)6/h12-17,24-28,34-35H,3,9-11,18-23,29-30H2,1-2,4-8H3,(H,55,57,66)(H,56,58,65)/b13-12+/t34-/m1/s1. The van der Waals surface area contributed by atoms with E-state index >= 15 is 0 Å². The molecule has 2 aliphatic heterocycles. The van der Waals surface area contributed by atoms with E-state index in [1.807, 2.05) is 64.0 Å². The molecule has 2 aromatic carbocycles. The van der Waals surface area contributed by atoms with Gasteiger partial charge in [0, 0.05) is 104 Å². The highest BCUT2D eigenvalue weighted by molar-refractivity contribution is 8.01. The molecule has 1 atom stereocenters. The number of rotatable bonds is 17. The fourth-order valence-corrected chi connectivity index (χ4v) is 12.7. The van der Waals surface area contributed by atoms with Crippen LogP contribution in [0, 0.1) is 19.8 Å². The maximum atomic E-state index is 14.4. The van der Waals surface area contributed by atoms with Crippen LogP contribution in [0.15, 0.2) is 91.4 Å². The van der Waals surface area contributed by atoms with Crippen molar-refractivity contribution >= 4 is 98.0 Å². The zero-order chi connectivity index (χ0) is 53.5. The molecule has 1 saturated carbocycles. The molecule has 75 heavy (non-hydrogen) atoms. The number of nitrogens with one attached hydrogen (secondary N) is 2. The number of aryl methyl sites for hydroxylation is 2. The SMILES string of the molecule is C=C(CN(C)C)C(=O)N1CCCN(C(=O)c2cc(Sc3sc(NC(=O)C4CC4)nc3/C=C/C(=O)N3CCN(C(=O)c4cc(Sc5cnc(NC(=O)c6ccncc6)s5)c(C)cc4OC)CC3)c(C)cc2OC)C[C@H]1C. The van der Waals surface area contributed by atoms with Crippen LogP contribution in [0.2, 0.25) is 0 Å². The van der Waals surface area contributed by atoms with Gasteiger partial charge in [0.15, 0.2) is 10.3 Å². The number of piperazine rings is 1. The Balaban J connectivity index is 0.936. The molecule has 8 rings (SSSR count). The van der Waals surface area contributed by atoms with Gasteiger partial charge in [0.25, 0.3) is 23.6 Å². The lowest BCUT2D eigenvalue weighted by atomic mass is 10.1. The highest BCUT2D eigenvalue weighted by Crippen LogP contribution is 2.43. The lowest BCUT2D eigenvalue weighted by molar-refractivity contribution is -0.129. The topological polar surface area (TPSA) is 200 Å². The van der Waals surface area contributed by atoms with Gasteiger partial charge in [-0.1, -0.05) is 52.8 Å². The average molecular weight is 1090 g/mol. The van der Waals surface area contributed by atoms with Gasteiger partial charge in [0.2, 0.25) is 11.8 Å². The van der Waals surface area contributed by atoms with Gasteiger partial charge >= 0.3 is 0 Å². The number of benzene rings is 2. The number of likely N-dealkylation sites (N-methyl/N-ethyl adjacent to an activating group) is 1. The Labute approximate surface area is 452 Å². The van der Waals surface area contributed by atoms with Crippen LogP contribution in [0.3, 0.4) is 0 Å². The molecule has 5 aromatic rings. The number of thiazole rings is 2. The molecule has 0 radical (unpaired) electrons. The molecule has 394 valence electrons. The van der Waals surface area contributed by atoms with Crippen LogP contribution in [0.5, 0.6) is 11.5 Å². The lowest BCUT2D eigenvalue weighted by Gasteiger charge is -2.34. The van der Waals surface area contributed by atoms with Gasteiger partial charge in [-0.05, 0) is 108 Å². The molecule has 3 aliphatic rings. The number of hydrogen-bond donors (Lipinski definition) is 2. The maximum absolute atomic E-state index is 14.4. The predicted octanol–water partition coefficient (Wildman–Crippen LogP) is 7.71. The molecule has 22 heteroatoms. The Kier molecular flexibility index (Phi) is 17.8. The van der Waals surface area contributed by atoms with Crippen LogP contribution in [0.25, 0.3) is 6.08 Å². The Bertz CT molecular complexity index is 3020. The number of carbonyl (C=O) groups is 6. The summed E-state index contributed by atoms with van der Waals surface area (Å²) in [6.07, 6.45) is 10.1. The zero-order valence-corrected chi connectivity index (χ0v) is 46.2. The normalized spacial score (nSPS) is 16.0. The van der Waals surface area contributed by atoms with E-state index in [0.717, 1.165) is 38.0 Å². The van der Waals surface area contributed by atoms with Crippen molar-refractivity contribution in [2.45, 2.75) is 64.3 Å². The molecule has 2 N–H and O–H groups in total. The third-order valence-electron chi connectivity index (χ3n) is 12.8. The number of aromatic nitrogens is 3. The second-order valence-electron chi connectivity index (χ2n) is 18.7. The van der Waals surface area contributed by atoms with Crippen LogP contribution in [0.4, 0.5) is 10.3 Å². The molecule has 0 unspecified atom stereocenters. The van der Waals surface area contributed by atoms with E-state index in [1.165, 1.54) is 66.5 Å². The van der Waals surface area contributed by atoms with Crippen LogP contribution in [-0.2, 0) is 14.4 Å². The van der Waals surface area contributed by atoms with Crippen LogP contribution in [0.1, 0.15) is 74.1 Å². The first-order valence-electron chi connectivity index (χ1n) is 24.4. The van der Waals surface area contributed by atoms with Gasteiger partial charge in [0.05, 0.1) is 45.7 Å². The van der Waals surface area contributed by atoms with E-state index in [4.69, 9.17) is 14.5 Å². The first-order valence-corrected chi connectivity index (χ1v) is 27.7. The minimum absolute atomic E-state index is 0.0523. The summed E-state index contributed by atoms with van der Waals surface area (Å²) >= 11 is 5.43. The summed E-state index contributed by atoms with van der Waals surface area (Å²) in [6.45, 7) is 12.7. The molecule has 3 aromatic heterocycles. The van der Waals surface area contributed by atoms with Crippen LogP contribution in [-0.4, -0.2) is 162 Å². The first kappa shape index (κ1) is 54.7.